The van der Waals surface area contributed by atoms with Crippen molar-refractivity contribution in [1.29, 1.82) is 0 Å². The lowest BCUT2D eigenvalue weighted by atomic mass is 9.97. The highest BCUT2D eigenvalue weighted by Gasteiger charge is 2.27. The summed E-state index contributed by atoms with van der Waals surface area (Å²) >= 11 is 0. The van der Waals surface area contributed by atoms with E-state index < -0.39 is 10.0 Å². The maximum atomic E-state index is 11.6. The summed E-state index contributed by atoms with van der Waals surface area (Å²) in [6.45, 7) is 0.824. The average Bonchev–Trinajstić information content (AvgIpc) is 3.26. The van der Waals surface area contributed by atoms with Crippen molar-refractivity contribution in [3.05, 3.63) is 89.7 Å². The van der Waals surface area contributed by atoms with Crippen LogP contribution >= 0.6 is 0 Å². The molecular formula is C25H28N2O4S. The molecule has 6 nitrogen and oxygen atoms in total. The van der Waals surface area contributed by atoms with Crippen LogP contribution in [0.15, 0.2) is 72.9 Å². The van der Waals surface area contributed by atoms with E-state index in [2.05, 4.69) is 34.0 Å². The lowest BCUT2D eigenvalue weighted by molar-refractivity contribution is 0.0431. The average molecular weight is 453 g/mol. The third kappa shape index (κ3) is 6.31. The number of nitrogens with one attached hydrogen (secondary N) is 1. The molecular weight excluding hydrogens is 424 g/mol. The van der Waals surface area contributed by atoms with Crippen LogP contribution < -0.4 is 9.46 Å². The van der Waals surface area contributed by atoms with Crippen molar-refractivity contribution in [2.75, 3.05) is 11.0 Å². The predicted molar refractivity (Wildman–Crippen MR) is 125 cm³/mol. The van der Waals surface area contributed by atoms with E-state index in [1.807, 2.05) is 30.3 Å². The molecule has 1 N–H and O–H groups in total. The first-order valence-electron chi connectivity index (χ1n) is 10.8. The number of ether oxygens (including phenoxy) is 2. The van der Waals surface area contributed by atoms with Crippen molar-refractivity contribution in [2.24, 2.45) is 0 Å². The number of hydrogen-bond acceptors (Lipinski definition) is 5. The van der Waals surface area contributed by atoms with Crippen LogP contribution in [0.5, 0.6) is 5.75 Å². The number of rotatable bonds is 9. The number of nitrogens with zero attached hydrogens (tertiary/aromatic N) is 1. The topological polar surface area (TPSA) is 77.5 Å². The maximum absolute atomic E-state index is 11.6. The molecule has 32 heavy (non-hydrogen) atoms. The van der Waals surface area contributed by atoms with Gasteiger partial charge in [0.1, 0.15) is 12.4 Å². The minimum absolute atomic E-state index is 0.113. The van der Waals surface area contributed by atoms with Crippen molar-refractivity contribution < 1.29 is 17.9 Å². The molecule has 0 spiro atoms. The van der Waals surface area contributed by atoms with Gasteiger partial charge in [0.2, 0.25) is 10.0 Å². The third-order valence-corrected chi connectivity index (χ3v) is 6.19. The van der Waals surface area contributed by atoms with Gasteiger partial charge in [0.15, 0.2) is 0 Å². The zero-order valence-corrected chi connectivity index (χ0v) is 18.9. The number of hydrogen-bond donors (Lipinski definition) is 1. The van der Waals surface area contributed by atoms with Crippen LogP contribution in [0, 0.1) is 0 Å². The number of sulfonamides is 1. The fourth-order valence-corrected chi connectivity index (χ4v) is 4.62. The Hall–Kier alpha value is -2.90. The summed E-state index contributed by atoms with van der Waals surface area (Å²) in [5.74, 6) is 1.29. The van der Waals surface area contributed by atoms with Crippen molar-refractivity contribution in [1.82, 2.24) is 4.98 Å². The van der Waals surface area contributed by atoms with E-state index >= 15 is 0 Å². The Morgan fingerprint density at radius 2 is 1.84 bits per heavy atom. The number of aromatic nitrogens is 1. The quantitative estimate of drug-likeness (QED) is 0.500. The van der Waals surface area contributed by atoms with Gasteiger partial charge < -0.3 is 9.47 Å². The van der Waals surface area contributed by atoms with Crippen molar-refractivity contribution in [3.8, 4) is 5.75 Å². The van der Waals surface area contributed by atoms with Crippen LogP contribution in [0.1, 0.15) is 42.0 Å². The predicted octanol–water partition coefficient (Wildman–Crippen LogP) is 4.89. The van der Waals surface area contributed by atoms with Gasteiger partial charge >= 0.3 is 0 Å². The van der Waals surface area contributed by atoms with Crippen LogP contribution in [0.25, 0.3) is 0 Å². The summed E-state index contributed by atoms with van der Waals surface area (Å²) in [4.78, 5) is 4.29. The Labute approximate surface area is 189 Å². The largest absolute Gasteiger partial charge is 0.489 e. The molecule has 0 amide bonds. The van der Waals surface area contributed by atoms with E-state index in [4.69, 9.17) is 9.47 Å². The van der Waals surface area contributed by atoms with Gasteiger partial charge in [-0.05, 0) is 60.6 Å². The molecule has 2 atom stereocenters. The monoisotopic (exact) mass is 452 g/mol. The first-order chi connectivity index (χ1) is 15.5. The van der Waals surface area contributed by atoms with Crippen molar-refractivity contribution >= 4 is 15.7 Å². The summed E-state index contributed by atoms with van der Waals surface area (Å²) in [6, 6.07) is 21.9. The Bertz CT molecular complexity index is 1140. The molecule has 0 aliphatic heterocycles. The van der Waals surface area contributed by atoms with Gasteiger partial charge in [-0.25, -0.2) is 8.42 Å². The van der Waals surface area contributed by atoms with E-state index in [-0.39, 0.29) is 12.7 Å². The second-order valence-corrected chi connectivity index (χ2v) is 9.91. The Balaban J connectivity index is 1.32. The summed E-state index contributed by atoms with van der Waals surface area (Å²) in [5.41, 5.74) is 3.47. The first kappa shape index (κ1) is 22.3. The molecule has 0 bridgehead atoms. The number of pyridine rings is 1. The van der Waals surface area contributed by atoms with Gasteiger partial charge in [0.25, 0.3) is 0 Å². The molecule has 1 aromatic heterocycles. The summed E-state index contributed by atoms with van der Waals surface area (Å²) < 4.78 is 37.7. The third-order valence-electron chi connectivity index (χ3n) is 5.60. The second-order valence-electron chi connectivity index (χ2n) is 8.16. The first-order valence-corrected chi connectivity index (χ1v) is 12.7. The molecule has 1 heterocycles. The fraction of sp³-hybridized carbons (Fsp3) is 0.320. The van der Waals surface area contributed by atoms with E-state index in [0.717, 1.165) is 36.8 Å². The molecule has 1 fully saturated rings. The van der Waals surface area contributed by atoms with Gasteiger partial charge in [0, 0.05) is 6.20 Å². The normalized spacial score (nSPS) is 18.4. The Morgan fingerprint density at radius 1 is 1.00 bits per heavy atom. The van der Waals surface area contributed by atoms with Crippen molar-refractivity contribution in [3.63, 3.8) is 0 Å². The zero-order chi connectivity index (χ0) is 22.4. The molecule has 7 heteroatoms. The molecule has 1 aliphatic rings. The van der Waals surface area contributed by atoms with Gasteiger partial charge in [-0.3, -0.25) is 9.71 Å². The van der Waals surface area contributed by atoms with Gasteiger partial charge in [-0.2, -0.15) is 0 Å². The summed E-state index contributed by atoms with van der Waals surface area (Å²) in [7, 11) is -3.37. The van der Waals surface area contributed by atoms with Crippen LogP contribution in [-0.2, 0) is 28.0 Å². The molecule has 2 unspecified atom stereocenters. The lowest BCUT2D eigenvalue weighted by Crippen LogP contribution is -2.14. The molecule has 168 valence electrons. The van der Waals surface area contributed by atoms with Gasteiger partial charge in [0.05, 0.1) is 30.3 Å². The van der Waals surface area contributed by atoms with Crippen LogP contribution in [0.2, 0.25) is 0 Å². The number of benzene rings is 2. The molecule has 2 aromatic carbocycles. The van der Waals surface area contributed by atoms with Crippen LogP contribution in [0.3, 0.4) is 0 Å². The van der Waals surface area contributed by atoms with E-state index in [1.165, 1.54) is 5.56 Å². The minimum atomic E-state index is -3.37. The van der Waals surface area contributed by atoms with E-state index in [0.29, 0.717) is 23.9 Å². The van der Waals surface area contributed by atoms with E-state index in [1.54, 1.807) is 18.3 Å². The highest BCUT2D eigenvalue weighted by molar-refractivity contribution is 7.92. The molecule has 0 radical (unpaired) electrons. The second kappa shape index (κ2) is 10.1. The highest BCUT2D eigenvalue weighted by atomic mass is 32.2. The minimum Gasteiger partial charge on any atom is -0.489 e. The summed E-state index contributed by atoms with van der Waals surface area (Å²) in [5, 5.41) is 0. The Kier molecular flexibility index (Phi) is 7.07. The molecule has 1 saturated carbocycles. The maximum Gasteiger partial charge on any atom is 0.229 e. The van der Waals surface area contributed by atoms with Crippen LogP contribution in [0.4, 0.5) is 5.69 Å². The molecule has 0 saturated heterocycles. The standard InChI is InChI=1S/C25H28N2O4S/c1-32(28,29)27-24-11-6-14-26-25(24)18-31-23-13-12-21(16-23)20-9-5-10-22(15-20)30-17-19-7-3-2-4-8-19/h2-11,14-15,21,23,27H,12-13,16-18H2,1H3. The Morgan fingerprint density at radius 3 is 2.66 bits per heavy atom. The van der Waals surface area contributed by atoms with Crippen LogP contribution in [-0.4, -0.2) is 25.8 Å². The van der Waals surface area contributed by atoms with Gasteiger partial charge in [-0.15, -0.1) is 0 Å². The van der Waals surface area contributed by atoms with Crippen molar-refractivity contribution in [2.45, 2.75) is 44.5 Å². The lowest BCUT2D eigenvalue weighted by Gasteiger charge is -2.15. The SMILES string of the molecule is CS(=O)(=O)Nc1cccnc1COC1CCC(c2cccc(OCc3ccccc3)c2)C1. The number of anilines is 1. The fourth-order valence-electron chi connectivity index (χ4n) is 4.04. The molecule has 4 rings (SSSR count). The zero-order valence-electron chi connectivity index (χ0n) is 18.1. The summed E-state index contributed by atoms with van der Waals surface area (Å²) in [6.07, 6.45) is 5.81. The molecule has 1 aliphatic carbocycles. The molecule has 3 aromatic rings. The van der Waals surface area contributed by atoms with Gasteiger partial charge in [-0.1, -0.05) is 42.5 Å². The highest BCUT2D eigenvalue weighted by Crippen LogP contribution is 2.37. The van der Waals surface area contributed by atoms with E-state index in [9.17, 15) is 8.42 Å². The smallest absolute Gasteiger partial charge is 0.229 e.